The summed E-state index contributed by atoms with van der Waals surface area (Å²) in [4.78, 5) is 20.7. The molecule has 1 aliphatic heterocycles. The van der Waals surface area contributed by atoms with Crippen molar-refractivity contribution in [2.24, 2.45) is 0 Å². The fraction of sp³-hybridized carbons (Fsp3) is 0.353. The van der Waals surface area contributed by atoms with Gasteiger partial charge in [-0.1, -0.05) is 41.7 Å². The van der Waals surface area contributed by atoms with E-state index in [0.717, 1.165) is 16.9 Å². The lowest BCUT2D eigenvalue weighted by atomic mass is 10.2. The van der Waals surface area contributed by atoms with Gasteiger partial charge in [0.1, 0.15) is 17.5 Å². The average Bonchev–Trinajstić information content (AvgIpc) is 3.24. The monoisotopic (exact) mass is 374 g/mol. The number of benzene rings is 1. The van der Waals surface area contributed by atoms with Crippen LogP contribution in [-0.4, -0.2) is 32.4 Å². The number of anilines is 1. The highest BCUT2D eigenvalue weighted by Gasteiger charge is 2.30. The van der Waals surface area contributed by atoms with Gasteiger partial charge in [-0.15, -0.1) is 0 Å². The Kier molecular flexibility index (Phi) is 4.58. The number of aromatic nitrogens is 3. The van der Waals surface area contributed by atoms with Gasteiger partial charge in [0.05, 0.1) is 12.7 Å². The Hall–Kier alpha value is -2.49. The summed E-state index contributed by atoms with van der Waals surface area (Å²) in [5.74, 6) is 0.317. The fourth-order valence-electron chi connectivity index (χ4n) is 3.00. The molecule has 3 N–H and O–H groups in total. The first-order valence-corrected chi connectivity index (χ1v) is 9.09. The van der Waals surface area contributed by atoms with E-state index in [2.05, 4.69) is 9.97 Å². The summed E-state index contributed by atoms with van der Waals surface area (Å²) in [7, 11) is 0. The van der Waals surface area contributed by atoms with Crippen molar-refractivity contribution in [2.45, 2.75) is 31.8 Å². The number of fused-ring (bicyclic) bond motifs is 1. The Labute approximate surface area is 152 Å². The van der Waals surface area contributed by atoms with Gasteiger partial charge >= 0.3 is 4.87 Å². The molecule has 0 radical (unpaired) electrons. The number of aliphatic hydroxyl groups excluding tert-OH is 1. The number of nitrogen functional groups attached to an aromatic ring is 1. The van der Waals surface area contributed by atoms with Crippen LogP contribution in [0.3, 0.4) is 0 Å². The highest BCUT2D eigenvalue weighted by atomic mass is 32.1. The van der Waals surface area contributed by atoms with Crippen molar-refractivity contribution < 1.29 is 14.6 Å². The van der Waals surface area contributed by atoms with Crippen molar-refractivity contribution in [1.29, 1.82) is 0 Å². The number of hydrogen-bond acceptors (Lipinski definition) is 8. The van der Waals surface area contributed by atoms with Crippen molar-refractivity contribution in [2.75, 3.05) is 12.3 Å². The summed E-state index contributed by atoms with van der Waals surface area (Å²) in [6, 6.07) is 9.66. The van der Waals surface area contributed by atoms with Crippen LogP contribution >= 0.6 is 11.3 Å². The number of rotatable bonds is 5. The van der Waals surface area contributed by atoms with Crippen molar-refractivity contribution >= 4 is 27.6 Å². The topological polar surface area (TPSA) is 112 Å². The molecule has 26 heavy (non-hydrogen) atoms. The van der Waals surface area contributed by atoms with Crippen LogP contribution in [0.2, 0.25) is 0 Å². The van der Waals surface area contributed by atoms with Gasteiger partial charge in [0.25, 0.3) is 0 Å². The largest absolute Gasteiger partial charge is 0.472 e. The van der Waals surface area contributed by atoms with Crippen LogP contribution in [0.25, 0.3) is 10.3 Å². The predicted octanol–water partition coefficient (Wildman–Crippen LogP) is 1.68. The van der Waals surface area contributed by atoms with E-state index in [1.165, 1.54) is 4.57 Å². The third-order valence-electron chi connectivity index (χ3n) is 4.24. The fourth-order valence-corrected chi connectivity index (χ4v) is 3.90. The Morgan fingerprint density at radius 2 is 2.12 bits per heavy atom. The molecule has 0 bridgehead atoms. The molecule has 3 aromatic rings. The van der Waals surface area contributed by atoms with Crippen LogP contribution in [0.1, 0.15) is 24.6 Å². The van der Waals surface area contributed by atoms with E-state index in [1.807, 2.05) is 30.3 Å². The summed E-state index contributed by atoms with van der Waals surface area (Å²) in [6.45, 7) is 0.237. The lowest BCUT2D eigenvalue weighted by molar-refractivity contribution is -0.0214. The van der Waals surface area contributed by atoms with Crippen molar-refractivity contribution in [3.05, 3.63) is 45.6 Å². The average molecular weight is 374 g/mol. The zero-order valence-corrected chi connectivity index (χ0v) is 14.7. The maximum Gasteiger partial charge on any atom is 0.311 e. The van der Waals surface area contributed by atoms with Crippen molar-refractivity contribution in [3.8, 4) is 5.88 Å². The predicted molar refractivity (Wildman–Crippen MR) is 97.1 cm³/mol. The van der Waals surface area contributed by atoms with Crippen LogP contribution in [0.15, 0.2) is 35.1 Å². The number of thiazole rings is 1. The second kappa shape index (κ2) is 7.02. The van der Waals surface area contributed by atoms with E-state index >= 15 is 0 Å². The number of nitrogens with two attached hydrogens (primary N) is 1. The molecule has 1 aromatic carbocycles. The van der Waals surface area contributed by atoms with Crippen molar-refractivity contribution in [1.82, 2.24) is 14.5 Å². The highest BCUT2D eigenvalue weighted by Crippen LogP contribution is 2.33. The van der Waals surface area contributed by atoms with E-state index < -0.39 is 6.23 Å². The summed E-state index contributed by atoms with van der Waals surface area (Å²) in [5.41, 5.74) is 7.21. The second-order valence-electron chi connectivity index (χ2n) is 6.02. The lowest BCUT2D eigenvalue weighted by Crippen LogP contribution is -2.21. The first kappa shape index (κ1) is 17.0. The van der Waals surface area contributed by atoms with Gasteiger partial charge in [0, 0.05) is 0 Å². The summed E-state index contributed by atoms with van der Waals surface area (Å²) in [6.07, 6.45) is 0.573. The summed E-state index contributed by atoms with van der Waals surface area (Å²) in [5, 5.41) is 9.25. The first-order valence-electron chi connectivity index (χ1n) is 8.27. The molecule has 1 aliphatic rings. The molecule has 0 unspecified atom stereocenters. The molecule has 2 aromatic heterocycles. The molecule has 1 saturated heterocycles. The molecular formula is C17H18N4O4S. The number of ether oxygens (including phenoxy) is 2. The first-order chi connectivity index (χ1) is 12.7. The molecule has 8 nitrogen and oxygen atoms in total. The molecule has 4 rings (SSSR count). The Balaban J connectivity index is 1.69. The van der Waals surface area contributed by atoms with E-state index in [0.29, 0.717) is 29.8 Å². The Morgan fingerprint density at radius 3 is 2.85 bits per heavy atom. The van der Waals surface area contributed by atoms with Crippen molar-refractivity contribution in [3.63, 3.8) is 0 Å². The van der Waals surface area contributed by atoms with E-state index in [1.54, 1.807) is 0 Å². The van der Waals surface area contributed by atoms with Gasteiger partial charge in [-0.3, -0.25) is 9.36 Å². The SMILES string of the molecule is Nc1nc(OCc2ccccc2)c2sc(=O)n([C@H]3CC[C@@H](CO)O3)c2n1. The van der Waals surface area contributed by atoms with Gasteiger partial charge in [-0.25, -0.2) is 0 Å². The smallest absolute Gasteiger partial charge is 0.311 e. The van der Waals surface area contributed by atoms with Crippen LogP contribution < -0.4 is 15.3 Å². The van der Waals surface area contributed by atoms with E-state index in [-0.39, 0.29) is 29.4 Å². The number of aliphatic hydroxyl groups is 1. The summed E-state index contributed by atoms with van der Waals surface area (Å²) < 4.78 is 13.5. The van der Waals surface area contributed by atoms with Crippen LogP contribution in [0.5, 0.6) is 5.88 Å². The molecule has 0 spiro atoms. The molecule has 0 saturated carbocycles. The second-order valence-corrected chi connectivity index (χ2v) is 6.99. The van der Waals surface area contributed by atoms with E-state index in [9.17, 15) is 9.90 Å². The van der Waals surface area contributed by atoms with Gasteiger partial charge in [0.15, 0.2) is 5.65 Å². The lowest BCUT2D eigenvalue weighted by Gasteiger charge is -2.13. The minimum Gasteiger partial charge on any atom is -0.472 e. The van der Waals surface area contributed by atoms with E-state index in [4.69, 9.17) is 15.2 Å². The quantitative estimate of drug-likeness (QED) is 0.699. The van der Waals surface area contributed by atoms with Gasteiger partial charge in [-0.2, -0.15) is 9.97 Å². The molecule has 2 atom stereocenters. The van der Waals surface area contributed by atoms with Crippen LogP contribution in [0.4, 0.5) is 5.95 Å². The minimum atomic E-state index is -0.468. The normalized spacial score (nSPS) is 19.9. The maximum atomic E-state index is 12.5. The van der Waals surface area contributed by atoms with Gasteiger partial charge in [-0.05, 0) is 18.4 Å². The highest BCUT2D eigenvalue weighted by molar-refractivity contribution is 7.16. The molecule has 136 valence electrons. The Bertz CT molecular complexity index is 972. The third kappa shape index (κ3) is 3.16. The summed E-state index contributed by atoms with van der Waals surface area (Å²) >= 11 is 1.00. The standard InChI is InChI=1S/C17H18N4O4S/c18-16-19-14-13(15(20-16)24-9-10-4-2-1-3-5-10)26-17(23)21(14)12-7-6-11(8-22)25-12/h1-5,11-12,22H,6-9H2,(H2,18,19,20)/t11-,12+/m0/s1. The molecular weight excluding hydrogens is 356 g/mol. The zero-order chi connectivity index (χ0) is 18.1. The van der Waals surface area contributed by atoms with Gasteiger partial charge in [0.2, 0.25) is 11.8 Å². The maximum absolute atomic E-state index is 12.5. The Morgan fingerprint density at radius 1 is 1.31 bits per heavy atom. The number of hydrogen-bond donors (Lipinski definition) is 2. The zero-order valence-electron chi connectivity index (χ0n) is 13.9. The number of nitrogens with zero attached hydrogens (tertiary/aromatic N) is 3. The van der Waals surface area contributed by atoms with Crippen LogP contribution in [0, 0.1) is 0 Å². The molecule has 0 amide bonds. The van der Waals surface area contributed by atoms with Gasteiger partial charge < -0.3 is 20.3 Å². The molecule has 3 heterocycles. The minimum absolute atomic E-state index is 0.0313. The van der Waals surface area contributed by atoms with Crippen LogP contribution in [-0.2, 0) is 11.3 Å². The molecule has 0 aliphatic carbocycles. The molecule has 1 fully saturated rings. The molecule has 9 heteroatoms. The third-order valence-corrected chi connectivity index (χ3v) is 5.18.